The lowest BCUT2D eigenvalue weighted by atomic mass is 10.2. The van der Waals surface area contributed by atoms with Gasteiger partial charge in [0.15, 0.2) is 0 Å². The van der Waals surface area contributed by atoms with Crippen LogP contribution in [0.4, 0.5) is 4.79 Å². The molecule has 15 heavy (non-hydrogen) atoms. The molecule has 86 valence electrons. The van der Waals surface area contributed by atoms with Crippen LogP contribution in [0.5, 0.6) is 0 Å². The predicted octanol–water partition coefficient (Wildman–Crippen LogP) is 1.23. The number of ether oxygens (including phenoxy) is 1. The summed E-state index contributed by atoms with van der Waals surface area (Å²) in [6.45, 7) is 6.38. The molecule has 3 atom stereocenters. The average Bonchev–Trinajstić information content (AvgIpc) is 2.75. The standard InChI is InChI=1S/C11H19NO3/c1-11(2,3)15-10(14)12-5-7-4-8(7)9(12)6-13/h7-9,13H,4-6H2,1-3H3/t7?,8-,9+/m0/s1. The zero-order valence-corrected chi connectivity index (χ0v) is 9.56. The molecule has 1 aliphatic carbocycles. The summed E-state index contributed by atoms with van der Waals surface area (Å²) in [4.78, 5) is 13.5. The summed E-state index contributed by atoms with van der Waals surface area (Å²) in [6, 6.07) is -0.00940. The van der Waals surface area contributed by atoms with E-state index in [-0.39, 0.29) is 18.7 Å². The second kappa shape index (κ2) is 3.37. The maximum atomic E-state index is 11.8. The molecular weight excluding hydrogens is 194 g/mol. The first-order valence-corrected chi connectivity index (χ1v) is 5.53. The first-order chi connectivity index (χ1) is 6.92. The van der Waals surface area contributed by atoms with Crippen molar-refractivity contribution in [2.24, 2.45) is 11.8 Å². The molecule has 2 rings (SSSR count). The third-order valence-corrected chi connectivity index (χ3v) is 3.12. The molecule has 0 aromatic rings. The summed E-state index contributed by atoms with van der Waals surface area (Å²) in [7, 11) is 0. The lowest BCUT2D eigenvalue weighted by molar-refractivity contribution is 0.0133. The topological polar surface area (TPSA) is 49.8 Å². The maximum absolute atomic E-state index is 11.8. The molecule has 2 aliphatic rings. The Hall–Kier alpha value is -0.770. The Morgan fingerprint density at radius 1 is 1.53 bits per heavy atom. The molecule has 0 bridgehead atoms. The van der Waals surface area contributed by atoms with Crippen LogP contribution in [0.3, 0.4) is 0 Å². The SMILES string of the molecule is CC(C)(C)OC(=O)N1CC2C[C@@H]2[C@H]1CO. The Kier molecular flexibility index (Phi) is 2.41. The minimum atomic E-state index is -0.454. The van der Waals surface area contributed by atoms with Crippen molar-refractivity contribution in [1.82, 2.24) is 4.90 Å². The van der Waals surface area contributed by atoms with Crippen molar-refractivity contribution in [2.75, 3.05) is 13.2 Å². The molecule has 1 heterocycles. The minimum Gasteiger partial charge on any atom is -0.444 e. The monoisotopic (exact) mass is 213 g/mol. The number of carbonyl (C=O) groups excluding carboxylic acids is 1. The summed E-state index contributed by atoms with van der Waals surface area (Å²) in [6.07, 6.45) is 0.874. The fourth-order valence-corrected chi connectivity index (χ4v) is 2.34. The van der Waals surface area contributed by atoms with E-state index in [9.17, 15) is 9.90 Å². The van der Waals surface area contributed by atoms with Gasteiger partial charge in [-0.15, -0.1) is 0 Å². The number of rotatable bonds is 1. The van der Waals surface area contributed by atoms with Crippen LogP contribution < -0.4 is 0 Å². The van der Waals surface area contributed by atoms with E-state index >= 15 is 0 Å². The third kappa shape index (κ3) is 2.09. The van der Waals surface area contributed by atoms with Crippen LogP contribution in [0.15, 0.2) is 0 Å². The molecule has 0 aromatic heterocycles. The Labute approximate surface area is 90.2 Å². The highest BCUT2D eigenvalue weighted by Crippen LogP contribution is 2.49. The minimum absolute atomic E-state index is 0.00940. The van der Waals surface area contributed by atoms with Gasteiger partial charge in [-0.3, -0.25) is 0 Å². The number of likely N-dealkylation sites (tertiary alicyclic amines) is 1. The van der Waals surface area contributed by atoms with Gasteiger partial charge in [0, 0.05) is 6.54 Å². The largest absolute Gasteiger partial charge is 0.444 e. The van der Waals surface area contributed by atoms with Crippen LogP contribution in [-0.4, -0.2) is 40.9 Å². The molecule has 0 aromatic carbocycles. The summed E-state index contributed by atoms with van der Waals surface area (Å²) in [5, 5.41) is 9.23. The number of aliphatic hydroxyl groups excluding tert-OH is 1. The van der Waals surface area contributed by atoms with Crippen molar-refractivity contribution in [3.63, 3.8) is 0 Å². The van der Waals surface area contributed by atoms with E-state index < -0.39 is 5.60 Å². The van der Waals surface area contributed by atoms with Crippen molar-refractivity contribution in [2.45, 2.75) is 38.8 Å². The molecule has 4 nitrogen and oxygen atoms in total. The molecule has 1 aliphatic heterocycles. The molecule has 1 saturated carbocycles. The van der Waals surface area contributed by atoms with Crippen molar-refractivity contribution < 1.29 is 14.6 Å². The van der Waals surface area contributed by atoms with Crippen molar-refractivity contribution in [3.8, 4) is 0 Å². The molecule has 0 radical (unpaired) electrons. The number of hydrogen-bond acceptors (Lipinski definition) is 3. The highest BCUT2D eigenvalue weighted by atomic mass is 16.6. The van der Waals surface area contributed by atoms with Gasteiger partial charge in [0.2, 0.25) is 0 Å². The summed E-state index contributed by atoms with van der Waals surface area (Å²) < 4.78 is 5.30. The van der Waals surface area contributed by atoms with Gasteiger partial charge in [-0.25, -0.2) is 4.79 Å². The molecule has 1 amide bonds. The number of piperidine rings is 1. The van der Waals surface area contributed by atoms with Gasteiger partial charge in [-0.05, 0) is 39.0 Å². The lowest BCUT2D eigenvalue weighted by Gasteiger charge is -2.29. The molecule has 2 fully saturated rings. The molecular formula is C11H19NO3. The van der Waals surface area contributed by atoms with E-state index in [2.05, 4.69) is 0 Å². The molecule has 4 heteroatoms. The molecule has 0 spiro atoms. The van der Waals surface area contributed by atoms with Crippen LogP contribution >= 0.6 is 0 Å². The second-order valence-electron chi connectivity index (χ2n) is 5.54. The summed E-state index contributed by atoms with van der Waals surface area (Å²) in [5.41, 5.74) is -0.454. The Balaban J connectivity index is 1.96. The zero-order chi connectivity index (χ0) is 11.2. The fourth-order valence-electron chi connectivity index (χ4n) is 2.34. The number of carbonyl (C=O) groups is 1. The molecule has 1 saturated heterocycles. The van der Waals surface area contributed by atoms with Gasteiger partial charge in [-0.2, -0.15) is 0 Å². The third-order valence-electron chi connectivity index (χ3n) is 3.12. The van der Waals surface area contributed by atoms with Gasteiger partial charge in [0.05, 0.1) is 12.6 Å². The highest BCUT2D eigenvalue weighted by Gasteiger charge is 2.54. The van der Waals surface area contributed by atoms with Gasteiger partial charge >= 0.3 is 6.09 Å². The van der Waals surface area contributed by atoms with Crippen LogP contribution in [0.1, 0.15) is 27.2 Å². The van der Waals surface area contributed by atoms with Gasteiger partial charge in [0.1, 0.15) is 5.60 Å². The fraction of sp³-hybridized carbons (Fsp3) is 0.909. The zero-order valence-electron chi connectivity index (χ0n) is 9.56. The normalized spacial score (nSPS) is 33.9. The number of aliphatic hydroxyl groups is 1. The van der Waals surface area contributed by atoms with Crippen LogP contribution in [0.25, 0.3) is 0 Å². The van der Waals surface area contributed by atoms with Crippen molar-refractivity contribution >= 4 is 6.09 Å². The summed E-state index contributed by atoms with van der Waals surface area (Å²) in [5.74, 6) is 1.12. The van der Waals surface area contributed by atoms with E-state index in [1.54, 1.807) is 4.90 Å². The average molecular weight is 213 g/mol. The number of fused-ring (bicyclic) bond motifs is 1. The van der Waals surface area contributed by atoms with E-state index in [1.165, 1.54) is 0 Å². The molecule has 1 N–H and O–H groups in total. The van der Waals surface area contributed by atoms with Gasteiger partial charge < -0.3 is 14.7 Å². The number of nitrogens with zero attached hydrogens (tertiary/aromatic N) is 1. The van der Waals surface area contributed by atoms with Crippen molar-refractivity contribution in [1.29, 1.82) is 0 Å². The Morgan fingerprint density at radius 3 is 2.73 bits per heavy atom. The van der Waals surface area contributed by atoms with E-state index in [4.69, 9.17) is 4.74 Å². The summed E-state index contributed by atoms with van der Waals surface area (Å²) >= 11 is 0. The van der Waals surface area contributed by atoms with Gasteiger partial charge in [-0.1, -0.05) is 0 Å². The van der Waals surface area contributed by atoms with E-state index in [0.717, 1.165) is 13.0 Å². The predicted molar refractivity (Wildman–Crippen MR) is 55.4 cm³/mol. The highest BCUT2D eigenvalue weighted by molar-refractivity contribution is 5.69. The maximum Gasteiger partial charge on any atom is 0.410 e. The smallest absolute Gasteiger partial charge is 0.410 e. The number of amides is 1. The van der Waals surface area contributed by atoms with Crippen LogP contribution in [-0.2, 0) is 4.74 Å². The van der Waals surface area contributed by atoms with E-state index in [0.29, 0.717) is 11.8 Å². The van der Waals surface area contributed by atoms with Crippen molar-refractivity contribution in [3.05, 3.63) is 0 Å². The lowest BCUT2D eigenvalue weighted by Crippen LogP contribution is -2.43. The Morgan fingerprint density at radius 2 is 2.20 bits per heavy atom. The Bertz CT molecular complexity index is 271. The van der Waals surface area contributed by atoms with Gasteiger partial charge in [0.25, 0.3) is 0 Å². The second-order valence-corrected chi connectivity index (χ2v) is 5.54. The van der Waals surface area contributed by atoms with Crippen LogP contribution in [0.2, 0.25) is 0 Å². The first kappa shape index (κ1) is 10.7. The first-order valence-electron chi connectivity index (χ1n) is 5.53. The number of hydrogen-bond donors (Lipinski definition) is 1. The quantitative estimate of drug-likeness (QED) is 0.712. The molecule has 1 unspecified atom stereocenters. The van der Waals surface area contributed by atoms with Crippen LogP contribution in [0, 0.1) is 11.8 Å². The van der Waals surface area contributed by atoms with E-state index in [1.807, 2.05) is 20.8 Å².